The molecule has 23 heavy (non-hydrogen) atoms. The molecular formula is C15H23ClN2O4S. The predicted molar refractivity (Wildman–Crippen MR) is 90.2 cm³/mol. The third-order valence-electron chi connectivity index (χ3n) is 3.61. The van der Waals surface area contributed by atoms with Gasteiger partial charge >= 0.3 is 0 Å². The molecule has 0 aliphatic heterocycles. The summed E-state index contributed by atoms with van der Waals surface area (Å²) < 4.78 is 26.3. The van der Waals surface area contributed by atoms with Crippen LogP contribution in [-0.4, -0.2) is 61.4 Å². The van der Waals surface area contributed by atoms with Gasteiger partial charge in [0.15, 0.2) is 0 Å². The average Bonchev–Trinajstić information content (AvgIpc) is 2.51. The zero-order chi connectivity index (χ0) is 17.8. The second-order valence-corrected chi connectivity index (χ2v) is 7.77. The van der Waals surface area contributed by atoms with Crippen LogP contribution in [-0.2, 0) is 10.0 Å². The Labute approximate surface area is 142 Å². The summed E-state index contributed by atoms with van der Waals surface area (Å²) in [6.07, 6.45) is 0. The molecule has 0 fully saturated rings. The Balaban J connectivity index is 3.31. The molecule has 0 bridgehead atoms. The summed E-state index contributed by atoms with van der Waals surface area (Å²) in [6, 6.07) is 3.87. The zero-order valence-electron chi connectivity index (χ0n) is 13.8. The molecule has 0 heterocycles. The van der Waals surface area contributed by atoms with Gasteiger partial charge in [-0.15, -0.1) is 0 Å². The monoisotopic (exact) mass is 362 g/mol. The van der Waals surface area contributed by atoms with Gasteiger partial charge in [-0.25, -0.2) is 8.42 Å². The molecule has 0 aliphatic carbocycles. The maximum Gasteiger partial charge on any atom is 0.255 e. The fourth-order valence-corrected chi connectivity index (χ4v) is 3.56. The van der Waals surface area contributed by atoms with Gasteiger partial charge in [-0.3, -0.25) is 4.79 Å². The second kappa shape index (κ2) is 8.10. The number of aliphatic hydroxyl groups is 1. The highest BCUT2D eigenvalue weighted by Gasteiger charge is 2.26. The van der Waals surface area contributed by atoms with Gasteiger partial charge in [0, 0.05) is 26.2 Å². The number of sulfonamides is 1. The topological polar surface area (TPSA) is 77.9 Å². The van der Waals surface area contributed by atoms with Gasteiger partial charge in [0.25, 0.3) is 5.91 Å². The van der Waals surface area contributed by atoms with Crippen LogP contribution in [0.15, 0.2) is 23.1 Å². The quantitative estimate of drug-likeness (QED) is 0.802. The van der Waals surface area contributed by atoms with Crippen molar-refractivity contribution in [3.05, 3.63) is 28.8 Å². The molecule has 8 heteroatoms. The Morgan fingerprint density at radius 3 is 2.43 bits per heavy atom. The van der Waals surface area contributed by atoms with Crippen LogP contribution in [0.5, 0.6) is 0 Å². The Kier molecular flexibility index (Phi) is 7.01. The predicted octanol–water partition coefficient (Wildman–Crippen LogP) is 1.82. The van der Waals surface area contributed by atoms with Crippen LogP contribution in [0.4, 0.5) is 0 Å². The number of carbonyl (C=O) groups excluding carboxylic acids is 1. The molecule has 6 nitrogen and oxygen atoms in total. The second-order valence-electron chi connectivity index (χ2n) is 5.37. The number of amides is 1. The number of rotatable bonds is 7. The first-order valence-corrected chi connectivity index (χ1v) is 9.16. The molecule has 1 N–H and O–H groups in total. The standard InChI is InChI=1S/C15H23ClN2O4S/c1-5-18(8-9-19)15(20)13-10-12(6-7-14(13)16)23(21,22)17(4)11(2)3/h6-7,10-11,19H,5,8-9H2,1-4H3. The van der Waals surface area contributed by atoms with E-state index in [0.29, 0.717) is 6.54 Å². The number of benzene rings is 1. The van der Waals surface area contributed by atoms with Crippen molar-refractivity contribution in [2.24, 2.45) is 0 Å². The number of carbonyl (C=O) groups is 1. The maximum absolute atomic E-state index is 12.5. The lowest BCUT2D eigenvalue weighted by Gasteiger charge is -2.23. The van der Waals surface area contributed by atoms with Crippen molar-refractivity contribution < 1.29 is 18.3 Å². The number of aliphatic hydroxyl groups excluding tert-OH is 1. The van der Waals surface area contributed by atoms with E-state index in [9.17, 15) is 13.2 Å². The fourth-order valence-electron chi connectivity index (χ4n) is 1.97. The molecular weight excluding hydrogens is 340 g/mol. The zero-order valence-corrected chi connectivity index (χ0v) is 15.4. The lowest BCUT2D eigenvalue weighted by atomic mass is 10.2. The van der Waals surface area contributed by atoms with E-state index in [0.717, 1.165) is 0 Å². The SMILES string of the molecule is CCN(CCO)C(=O)c1cc(S(=O)(=O)N(C)C(C)C)ccc1Cl. The van der Waals surface area contributed by atoms with Crippen molar-refractivity contribution >= 4 is 27.5 Å². The van der Waals surface area contributed by atoms with Crippen molar-refractivity contribution in [3.63, 3.8) is 0 Å². The van der Waals surface area contributed by atoms with Crippen molar-refractivity contribution in [1.29, 1.82) is 0 Å². The number of nitrogens with zero attached hydrogens (tertiary/aromatic N) is 2. The van der Waals surface area contributed by atoms with Gasteiger partial charge in [0.2, 0.25) is 10.0 Å². The molecule has 0 aromatic heterocycles. The number of hydrogen-bond acceptors (Lipinski definition) is 4. The summed E-state index contributed by atoms with van der Waals surface area (Å²) in [5.74, 6) is -0.407. The summed E-state index contributed by atoms with van der Waals surface area (Å²) in [5.41, 5.74) is 0.111. The van der Waals surface area contributed by atoms with Gasteiger partial charge in [-0.05, 0) is 39.0 Å². The molecule has 1 amide bonds. The first-order chi connectivity index (χ1) is 10.7. The van der Waals surface area contributed by atoms with Gasteiger partial charge < -0.3 is 10.0 Å². The van der Waals surface area contributed by atoms with Crippen LogP contribution in [0, 0.1) is 0 Å². The van der Waals surface area contributed by atoms with Crippen LogP contribution < -0.4 is 0 Å². The number of hydrogen-bond donors (Lipinski definition) is 1. The fraction of sp³-hybridized carbons (Fsp3) is 0.533. The first kappa shape index (κ1) is 19.9. The Bertz CT molecular complexity index is 661. The van der Waals surface area contributed by atoms with E-state index in [1.54, 1.807) is 20.8 Å². The summed E-state index contributed by atoms with van der Waals surface area (Å²) in [4.78, 5) is 13.9. The lowest BCUT2D eigenvalue weighted by Crippen LogP contribution is -2.35. The maximum atomic E-state index is 12.5. The van der Waals surface area contributed by atoms with Crippen molar-refractivity contribution in [3.8, 4) is 0 Å². The smallest absolute Gasteiger partial charge is 0.255 e. The summed E-state index contributed by atoms with van der Waals surface area (Å²) in [5, 5.41) is 9.20. The highest BCUT2D eigenvalue weighted by atomic mass is 35.5. The van der Waals surface area contributed by atoms with Gasteiger partial charge in [-0.2, -0.15) is 4.31 Å². The van der Waals surface area contributed by atoms with E-state index in [-0.39, 0.29) is 34.7 Å². The third-order valence-corrected chi connectivity index (χ3v) is 5.97. The van der Waals surface area contributed by atoms with Crippen LogP contribution in [0.2, 0.25) is 5.02 Å². The highest BCUT2D eigenvalue weighted by molar-refractivity contribution is 7.89. The summed E-state index contributed by atoms with van der Waals surface area (Å²) in [7, 11) is -2.21. The van der Waals surface area contributed by atoms with Crippen molar-refractivity contribution in [2.75, 3.05) is 26.7 Å². The normalized spacial score (nSPS) is 12.0. The molecule has 0 saturated carbocycles. The summed E-state index contributed by atoms with van der Waals surface area (Å²) >= 11 is 6.07. The number of likely N-dealkylation sites (N-methyl/N-ethyl adjacent to an activating group) is 1. The van der Waals surface area contributed by atoms with Crippen molar-refractivity contribution in [2.45, 2.75) is 31.7 Å². The van der Waals surface area contributed by atoms with Crippen LogP contribution in [0.25, 0.3) is 0 Å². The molecule has 0 aliphatic rings. The Morgan fingerprint density at radius 1 is 1.35 bits per heavy atom. The summed E-state index contributed by atoms with van der Waals surface area (Å²) in [6.45, 7) is 5.67. The lowest BCUT2D eigenvalue weighted by molar-refractivity contribution is 0.0732. The van der Waals surface area contributed by atoms with E-state index in [4.69, 9.17) is 16.7 Å². The Hall–Kier alpha value is -1.15. The average molecular weight is 363 g/mol. The number of halogens is 1. The minimum absolute atomic E-state index is 0.0153. The van der Waals surface area contributed by atoms with E-state index >= 15 is 0 Å². The van der Waals surface area contributed by atoms with Crippen molar-refractivity contribution in [1.82, 2.24) is 9.21 Å². The van der Waals surface area contributed by atoms with E-state index in [1.165, 1.54) is 34.5 Å². The molecule has 1 aromatic carbocycles. The molecule has 0 radical (unpaired) electrons. The Morgan fingerprint density at radius 2 is 1.96 bits per heavy atom. The van der Waals surface area contributed by atoms with E-state index in [1.807, 2.05) is 0 Å². The molecule has 0 unspecified atom stereocenters. The minimum Gasteiger partial charge on any atom is -0.395 e. The van der Waals surface area contributed by atoms with E-state index in [2.05, 4.69) is 0 Å². The first-order valence-electron chi connectivity index (χ1n) is 7.34. The molecule has 0 saturated heterocycles. The van der Waals surface area contributed by atoms with Gasteiger partial charge in [-0.1, -0.05) is 11.6 Å². The minimum atomic E-state index is -3.70. The van der Waals surface area contributed by atoms with Crippen LogP contribution >= 0.6 is 11.6 Å². The third kappa shape index (κ3) is 4.44. The largest absolute Gasteiger partial charge is 0.395 e. The van der Waals surface area contributed by atoms with Gasteiger partial charge in [0.05, 0.1) is 22.1 Å². The van der Waals surface area contributed by atoms with Gasteiger partial charge in [0.1, 0.15) is 0 Å². The molecule has 0 atom stereocenters. The molecule has 1 rings (SSSR count). The molecule has 1 aromatic rings. The van der Waals surface area contributed by atoms with Crippen LogP contribution in [0.1, 0.15) is 31.1 Å². The molecule has 0 spiro atoms. The highest BCUT2D eigenvalue weighted by Crippen LogP contribution is 2.24. The van der Waals surface area contributed by atoms with Crippen LogP contribution in [0.3, 0.4) is 0 Å². The molecule has 130 valence electrons. The van der Waals surface area contributed by atoms with E-state index < -0.39 is 15.9 Å².